The fourth-order valence-electron chi connectivity index (χ4n) is 4.07. The summed E-state index contributed by atoms with van der Waals surface area (Å²) in [5, 5.41) is 11.6. The quantitative estimate of drug-likeness (QED) is 0.370. The maximum atomic E-state index is 14.9. The van der Waals surface area contributed by atoms with Gasteiger partial charge in [-0.2, -0.15) is 0 Å². The smallest absolute Gasteiger partial charge is 0.407 e. The van der Waals surface area contributed by atoms with Crippen LogP contribution in [0.2, 0.25) is 0 Å². The van der Waals surface area contributed by atoms with Gasteiger partial charge in [-0.1, -0.05) is 6.92 Å². The van der Waals surface area contributed by atoms with Crippen molar-refractivity contribution in [1.82, 2.24) is 19.9 Å². The number of likely N-dealkylation sites (tertiary alicyclic amines) is 1. The zero-order chi connectivity index (χ0) is 26.0. The molecule has 1 atom stereocenters. The summed E-state index contributed by atoms with van der Waals surface area (Å²) in [6.45, 7) is 2.37. The predicted molar refractivity (Wildman–Crippen MR) is 127 cm³/mol. The highest BCUT2D eigenvalue weighted by Gasteiger charge is 2.27. The maximum Gasteiger partial charge on any atom is 0.407 e. The lowest BCUT2D eigenvalue weighted by Gasteiger charge is -2.29. The summed E-state index contributed by atoms with van der Waals surface area (Å²) < 4.78 is 55.2. The molecule has 1 aromatic carbocycles. The number of aromatic nitrogens is 3. The lowest BCUT2D eigenvalue weighted by Crippen LogP contribution is -2.38. The molecule has 3 heterocycles. The molecule has 36 heavy (non-hydrogen) atoms. The van der Waals surface area contributed by atoms with Crippen LogP contribution in [0.4, 0.5) is 25.0 Å². The van der Waals surface area contributed by atoms with Gasteiger partial charge in [-0.3, -0.25) is 9.52 Å². The molecule has 0 bridgehead atoms. The Bertz CT molecular complexity index is 1430. The number of nitrogens with zero attached hydrogens (tertiary/aromatic N) is 3. The lowest BCUT2D eigenvalue weighted by atomic mass is 9.98. The minimum absolute atomic E-state index is 0.120. The number of halogens is 2. The van der Waals surface area contributed by atoms with Gasteiger partial charge in [0.05, 0.1) is 28.8 Å². The molecule has 0 spiro atoms. The van der Waals surface area contributed by atoms with Crippen molar-refractivity contribution >= 4 is 44.6 Å². The number of benzene rings is 1. The summed E-state index contributed by atoms with van der Waals surface area (Å²) in [4.78, 5) is 37.0. The van der Waals surface area contributed by atoms with E-state index in [-0.39, 0.29) is 30.3 Å². The molecule has 2 amide bonds. The Labute approximate surface area is 205 Å². The second-order valence-corrected chi connectivity index (χ2v) is 10.3. The van der Waals surface area contributed by atoms with Gasteiger partial charge in [0.25, 0.3) is 5.91 Å². The molecule has 14 heteroatoms. The van der Waals surface area contributed by atoms with E-state index < -0.39 is 44.9 Å². The fourth-order valence-corrected chi connectivity index (χ4v) is 5.21. The zero-order valence-electron chi connectivity index (χ0n) is 19.2. The number of amides is 2. The van der Waals surface area contributed by atoms with Crippen LogP contribution >= 0.6 is 0 Å². The molecule has 11 nitrogen and oxygen atoms in total. The lowest BCUT2D eigenvalue weighted by molar-refractivity contribution is 0.101. The summed E-state index contributed by atoms with van der Waals surface area (Å²) in [5.74, 6) is -3.50. The molecule has 1 fully saturated rings. The van der Waals surface area contributed by atoms with E-state index in [1.54, 1.807) is 6.92 Å². The zero-order valence-corrected chi connectivity index (χ0v) is 20.0. The van der Waals surface area contributed by atoms with Gasteiger partial charge in [-0.25, -0.2) is 32.0 Å². The van der Waals surface area contributed by atoms with Crippen molar-refractivity contribution in [2.24, 2.45) is 0 Å². The van der Waals surface area contributed by atoms with E-state index in [0.717, 1.165) is 18.6 Å². The number of nitrogens with one attached hydrogen (secondary N) is 3. The first-order valence-electron chi connectivity index (χ1n) is 11.2. The van der Waals surface area contributed by atoms with Crippen molar-refractivity contribution < 1.29 is 31.9 Å². The van der Waals surface area contributed by atoms with E-state index in [2.05, 4.69) is 20.3 Å². The van der Waals surface area contributed by atoms with Crippen molar-refractivity contribution in [3.05, 3.63) is 47.4 Å². The van der Waals surface area contributed by atoms with Gasteiger partial charge in [-0.15, -0.1) is 0 Å². The Morgan fingerprint density at radius 2 is 2.08 bits per heavy atom. The van der Waals surface area contributed by atoms with Crippen LogP contribution in [0.1, 0.15) is 48.3 Å². The van der Waals surface area contributed by atoms with Gasteiger partial charge in [0.2, 0.25) is 10.0 Å². The number of piperidine rings is 1. The Balaban J connectivity index is 1.55. The monoisotopic (exact) mass is 522 g/mol. The normalized spacial score (nSPS) is 16.2. The molecule has 3 aromatic rings. The number of pyridine rings is 1. The third kappa shape index (κ3) is 5.37. The molecule has 2 aromatic heterocycles. The summed E-state index contributed by atoms with van der Waals surface area (Å²) in [5.41, 5.74) is -0.593. The number of hydrogen-bond acceptors (Lipinski definition) is 6. The molecule has 4 N–H and O–H groups in total. The fraction of sp³-hybridized carbons (Fsp3) is 0.364. The molecule has 192 valence electrons. The Hall–Kier alpha value is -3.81. The first kappa shape index (κ1) is 25.3. The number of aromatic amines is 1. The predicted octanol–water partition coefficient (Wildman–Crippen LogP) is 3.50. The Morgan fingerprint density at radius 1 is 1.31 bits per heavy atom. The number of carbonyl (C=O) groups excluding carboxylic acids is 1. The van der Waals surface area contributed by atoms with Crippen molar-refractivity contribution in [1.29, 1.82) is 0 Å². The second kappa shape index (κ2) is 10.0. The van der Waals surface area contributed by atoms with E-state index in [0.29, 0.717) is 30.0 Å². The molecule has 0 aliphatic carbocycles. The van der Waals surface area contributed by atoms with Gasteiger partial charge in [0, 0.05) is 19.0 Å². The number of hydrogen-bond donors (Lipinski definition) is 4. The number of carboxylic acid groups (broad SMARTS) is 1. The van der Waals surface area contributed by atoms with Crippen LogP contribution in [0, 0.1) is 11.6 Å². The number of imidazole rings is 1. The van der Waals surface area contributed by atoms with Crippen molar-refractivity contribution in [3.8, 4) is 0 Å². The summed E-state index contributed by atoms with van der Waals surface area (Å²) in [6, 6.07) is 3.19. The molecule has 1 aliphatic rings. The number of anilines is 2. The number of H-pyrrole nitrogens is 1. The van der Waals surface area contributed by atoms with Crippen LogP contribution in [0.25, 0.3) is 11.2 Å². The van der Waals surface area contributed by atoms with Crippen molar-refractivity contribution in [2.75, 3.05) is 28.9 Å². The SMILES string of the molecule is CCCS(=O)(=O)Nc1ccc(F)c(C(=O)Nc2cnc3nc(C4CCCN(C(=O)O)C4)[nH]c3c2)c1F. The van der Waals surface area contributed by atoms with E-state index in [9.17, 15) is 31.9 Å². The topological polar surface area (TPSA) is 157 Å². The highest BCUT2D eigenvalue weighted by Crippen LogP contribution is 2.28. The van der Waals surface area contributed by atoms with Crippen LogP contribution in [-0.2, 0) is 10.0 Å². The standard InChI is InChI=1S/C22H24F2N6O5S/c1-2-8-36(34,35)29-15-6-5-14(23)17(18(15)24)21(31)26-13-9-16-20(25-10-13)28-19(27-16)12-4-3-7-30(11-12)22(32)33/h5-6,9-10,12,29H,2-4,7-8,11H2,1H3,(H,26,31)(H,32,33)(H,25,27,28). The van der Waals surface area contributed by atoms with Gasteiger partial charge < -0.3 is 20.3 Å². The van der Waals surface area contributed by atoms with Gasteiger partial charge in [0.15, 0.2) is 11.5 Å². The van der Waals surface area contributed by atoms with E-state index in [4.69, 9.17) is 0 Å². The molecule has 1 saturated heterocycles. The third-order valence-corrected chi connectivity index (χ3v) is 7.23. The number of fused-ring (bicyclic) bond motifs is 1. The minimum Gasteiger partial charge on any atom is -0.465 e. The minimum atomic E-state index is -3.86. The third-order valence-electron chi connectivity index (χ3n) is 5.75. The maximum absolute atomic E-state index is 14.9. The van der Waals surface area contributed by atoms with Crippen LogP contribution in [0.3, 0.4) is 0 Å². The number of sulfonamides is 1. The molecule has 1 aliphatic heterocycles. The summed E-state index contributed by atoms with van der Waals surface area (Å²) in [7, 11) is -3.86. The second-order valence-electron chi connectivity index (χ2n) is 8.44. The van der Waals surface area contributed by atoms with Crippen LogP contribution in [0.15, 0.2) is 24.4 Å². The van der Waals surface area contributed by atoms with Gasteiger partial charge in [-0.05, 0) is 37.5 Å². The van der Waals surface area contributed by atoms with Crippen molar-refractivity contribution in [3.63, 3.8) is 0 Å². The first-order chi connectivity index (χ1) is 17.1. The number of carbonyl (C=O) groups is 2. The highest BCUT2D eigenvalue weighted by atomic mass is 32.2. The molecule has 1 unspecified atom stereocenters. The van der Waals surface area contributed by atoms with Crippen LogP contribution in [0.5, 0.6) is 0 Å². The van der Waals surface area contributed by atoms with E-state index in [1.807, 2.05) is 4.72 Å². The Morgan fingerprint density at radius 3 is 2.81 bits per heavy atom. The molecular formula is C22H24F2N6O5S. The van der Waals surface area contributed by atoms with E-state index >= 15 is 0 Å². The molecule has 0 saturated carbocycles. The van der Waals surface area contributed by atoms with Crippen LogP contribution < -0.4 is 10.0 Å². The summed E-state index contributed by atoms with van der Waals surface area (Å²) >= 11 is 0. The highest BCUT2D eigenvalue weighted by molar-refractivity contribution is 7.92. The van der Waals surface area contributed by atoms with Crippen LogP contribution in [-0.4, -0.2) is 64.2 Å². The average Bonchev–Trinajstić information content (AvgIpc) is 3.24. The van der Waals surface area contributed by atoms with Gasteiger partial charge >= 0.3 is 6.09 Å². The molecular weight excluding hydrogens is 498 g/mol. The number of rotatable bonds is 7. The van der Waals surface area contributed by atoms with Gasteiger partial charge in [0.1, 0.15) is 17.2 Å². The van der Waals surface area contributed by atoms with E-state index in [1.165, 1.54) is 17.2 Å². The molecule has 4 rings (SSSR count). The summed E-state index contributed by atoms with van der Waals surface area (Å²) in [6.07, 6.45) is 1.98. The molecule has 0 radical (unpaired) electrons. The average molecular weight is 523 g/mol. The van der Waals surface area contributed by atoms with Crippen molar-refractivity contribution in [2.45, 2.75) is 32.1 Å². The first-order valence-corrected chi connectivity index (χ1v) is 12.9. The Kier molecular flexibility index (Phi) is 7.06. The largest absolute Gasteiger partial charge is 0.465 e.